The van der Waals surface area contributed by atoms with E-state index in [1.807, 2.05) is 0 Å². The number of nitrogens with one attached hydrogen (secondary N) is 1. The first-order valence-corrected chi connectivity index (χ1v) is 5.01. The molecule has 0 radical (unpaired) electrons. The number of carboxylic acid groups (broad SMARTS) is 1. The van der Waals surface area contributed by atoms with Gasteiger partial charge in [0.25, 0.3) is 0 Å². The van der Waals surface area contributed by atoms with Crippen molar-refractivity contribution in [2.24, 2.45) is 0 Å². The van der Waals surface area contributed by atoms with E-state index in [0.717, 1.165) is 18.7 Å². The van der Waals surface area contributed by atoms with Crippen LogP contribution in [0.1, 0.15) is 29.9 Å². The lowest BCUT2D eigenvalue weighted by Crippen LogP contribution is -2.25. The highest BCUT2D eigenvalue weighted by atomic mass is 16.4. The summed E-state index contributed by atoms with van der Waals surface area (Å²) < 4.78 is 0. The number of hydrogen-bond donors (Lipinski definition) is 2. The highest BCUT2D eigenvalue weighted by Crippen LogP contribution is 2.02. The van der Waals surface area contributed by atoms with Gasteiger partial charge in [-0.1, -0.05) is 13.8 Å². The first-order valence-electron chi connectivity index (χ1n) is 5.01. The summed E-state index contributed by atoms with van der Waals surface area (Å²) in [5.41, 5.74) is 1.10. The van der Waals surface area contributed by atoms with Crippen LogP contribution in [0.2, 0.25) is 0 Å². The number of hydrogen-bond acceptors (Lipinski definition) is 3. The Hall–Kier alpha value is -1.42. The molecule has 1 heterocycles. The van der Waals surface area contributed by atoms with Gasteiger partial charge in [0.2, 0.25) is 0 Å². The molecule has 0 unspecified atom stereocenters. The Kier molecular flexibility index (Phi) is 4.24. The van der Waals surface area contributed by atoms with Crippen molar-refractivity contribution in [1.82, 2.24) is 10.3 Å². The number of rotatable bonds is 5. The minimum absolute atomic E-state index is 0.296. The summed E-state index contributed by atoms with van der Waals surface area (Å²) >= 11 is 0. The summed E-state index contributed by atoms with van der Waals surface area (Å²) in [6, 6.07) is 3.55. The monoisotopic (exact) mass is 208 g/mol. The topological polar surface area (TPSA) is 62.2 Å². The predicted molar refractivity (Wildman–Crippen MR) is 58.0 cm³/mol. The second-order valence-corrected chi connectivity index (χ2v) is 3.70. The summed E-state index contributed by atoms with van der Waals surface area (Å²) in [7, 11) is 0. The average molecular weight is 208 g/mol. The van der Waals surface area contributed by atoms with Gasteiger partial charge in [-0.25, -0.2) is 4.79 Å². The fraction of sp³-hybridized carbons (Fsp3) is 0.455. The van der Waals surface area contributed by atoms with Crippen molar-refractivity contribution in [3.8, 4) is 0 Å². The lowest BCUT2D eigenvalue weighted by atomic mass is 10.2. The number of nitrogens with zero attached hydrogens (tertiary/aromatic N) is 1. The lowest BCUT2D eigenvalue weighted by molar-refractivity contribution is 0.0696. The maximum atomic E-state index is 10.7. The Labute approximate surface area is 89.3 Å². The molecule has 0 aliphatic rings. The van der Waals surface area contributed by atoms with Crippen LogP contribution in [-0.4, -0.2) is 28.6 Å². The summed E-state index contributed by atoms with van der Waals surface area (Å²) in [6.07, 6.45) is 2.29. The van der Waals surface area contributed by atoms with Gasteiger partial charge < -0.3 is 10.4 Å². The van der Waals surface area contributed by atoms with Gasteiger partial charge in [0.15, 0.2) is 0 Å². The third-order valence-corrected chi connectivity index (χ3v) is 2.00. The van der Waals surface area contributed by atoms with Gasteiger partial charge in [-0.05, 0) is 12.1 Å². The van der Waals surface area contributed by atoms with E-state index >= 15 is 0 Å². The quantitative estimate of drug-likeness (QED) is 0.766. The van der Waals surface area contributed by atoms with Gasteiger partial charge in [0, 0.05) is 30.9 Å². The van der Waals surface area contributed by atoms with Crippen molar-refractivity contribution in [1.29, 1.82) is 0 Å². The lowest BCUT2D eigenvalue weighted by Gasteiger charge is -2.07. The van der Waals surface area contributed by atoms with Gasteiger partial charge in [0.05, 0.1) is 5.56 Å². The van der Waals surface area contributed by atoms with E-state index in [9.17, 15) is 4.79 Å². The molecule has 0 aliphatic heterocycles. The Morgan fingerprint density at radius 1 is 1.60 bits per heavy atom. The highest BCUT2D eigenvalue weighted by Gasteiger charge is 2.03. The fourth-order valence-corrected chi connectivity index (χ4v) is 1.24. The van der Waals surface area contributed by atoms with E-state index in [4.69, 9.17) is 5.11 Å². The first kappa shape index (κ1) is 11.7. The number of aromatic carboxylic acids is 1. The zero-order valence-corrected chi connectivity index (χ0v) is 9.03. The van der Waals surface area contributed by atoms with Gasteiger partial charge in [-0.15, -0.1) is 0 Å². The summed E-state index contributed by atoms with van der Waals surface area (Å²) in [4.78, 5) is 14.8. The Morgan fingerprint density at radius 3 is 2.93 bits per heavy atom. The van der Waals surface area contributed by atoms with Gasteiger partial charge in [-0.3, -0.25) is 4.98 Å². The molecule has 0 aromatic carbocycles. The van der Waals surface area contributed by atoms with E-state index in [1.54, 1.807) is 6.07 Å². The second kappa shape index (κ2) is 5.46. The first-order chi connectivity index (χ1) is 7.09. The number of carboxylic acids is 1. The van der Waals surface area contributed by atoms with Crippen LogP contribution in [0.3, 0.4) is 0 Å². The summed E-state index contributed by atoms with van der Waals surface area (Å²) in [5.74, 6) is -0.907. The average Bonchev–Trinajstić information content (AvgIpc) is 2.17. The maximum Gasteiger partial charge on any atom is 0.335 e. The van der Waals surface area contributed by atoms with Crippen molar-refractivity contribution in [2.75, 3.05) is 6.54 Å². The summed E-state index contributed by atoms with van der Waals surface area (Å²) in [5, 5.41) is 12.0. The molecule has 0 saturated carbocycles. The molecule has 1 aromatic rings. The van der Waals surface area contributed by atoms with Gasteiger partial charge >= 0.3 is 5.97 Å². The molecule has 0 spiro atoms. The van der Waals surface area contributed by atoms with Crippen LogP contribution in [0.5, 0.6) is 0 Å². The molecule has 1 rings (SSSR count). The second-order valence-electron chi connectivity index (χ2n) is 3.70. The number of carbonyl (C=O) groups is 1. The van der Waals surface area contributed by atoms with E-state index in [0.29, 0.717) is 11.6 Å². The molecule has 0 fully saturated rings. The molecule has 82 valence electrons. The minimum atomic E-state index is -0.907. The third-order valence-electron chi connectivity index (χ3n) is 2.00. The van der Waals surface area contributed by atoms with E-state index in [-0.39, 0.29) is 0 Å². The summed E-state index contributed by atoms with van der Waals surface area (Å²) in [6.45, 7) is 4.95. The largest absolute Gasteiger partial charge is 0.478 e. The van der Waals surface area contributed by atoms with E-state index < -0.39 is 5.97 Å². The number of pyridine rings is 1. The molecule has 0 atom stereocenters. The van der Waals surface area contributed by atoms with Crippen LogP contribution < -0.4 is 5.32 Å². The van der Waals surface area contributed by atoms with Crippen molar-refractivity contribution in [3.05, 3.63) is 29.6 Å². The maximum absolute atomic E-state index is 10.7. The Bertz CT molecular complexity index is 337. The molecule has 2 N–H and O–H groups in total. The predicted octanol–water partition coefficient (Wildman–Crippen LogP) is 1.32. The van der Waals surface area contributed by atoms with Crippen LogP contribution in [0.25, 0.3) is 0 Å². The fourth-order valence-electron chi connectivity index (χ4n) is 1.24. The standard InChI is InChI=1S/C11H16N2O2/c1-8(2)12-6-4-10-7-9(11(14)15)3-5-13-10/h3,5,7-8,12H,4,6H2,1-2H3,(H,14,15). The van der Waals surface area contributed by atoms with E-state index in [2.05, 4.69) is 24.1 Å². The molecular weight excluding hydrogens is 192 g/mol. The smallest absolute Gasteiger partial charge is 0.335 e. The molecule has 0 aliphatic carbocycles. The molecule has 15 heavy (non-hydrogen) atoms. The zero-order chi connectivity index (χ0) is 11.3. The SMILES string of the molecule is CC(C)NCCc1cc(C(=O)O)ccn1. The minimum Gasteiger partial charge on any atom is -0.478 e. The van der Waals surface area contributed by atoms with Gasteiger partial charge in [0.1, 0.15) is 0 Å². The van der Waals surface area contributed by atoms with Crippen LogP contribution in [0, 0.1) is 0 Å². The normalized spacial score (nSPS) is 10.6. The molecule has 1 aromatic heterocycles. The molecular formula is C11H16N2O2. The van der Waals surface area contributed by atoms with Crippen molar-refractivity contribution >= 4 is 5.97 Å². The van der Waals surface area contributed by atoms with Crippen LogP contribution >= 0.6 is 0 Å². The molecule has 0 saturated heterocycles. The Morgan fingerprint density at radius 2 is 2.33 bits per heavy atom. The number of aromatic nitrogens is 1. The molecule has 0 bridgehead atoms. The van der Waals surface area contributed by atoms with Crippen molar-refractivity contribution < 1.29 is 9.90 Å². The van der Waals surface area contributed by atoms with Crippen molar-refractivity contribution in [3.63, 3.8) is 0 Å². The Balaban J connectivity index is 2.54. The highest BCUT2D eigenvalue weighted by molar-refractivity contribution is 5.87. The molecule has 0 amide bonds. The van der Waals surface area contributed by atoms with Gasteiger partial charge in [-0.2, -0.15) is 0 Å². The molecule has 4 heteroatoms. The van der Waals surface area contributed by atoms with E-state index in [1.165, 1.54) is 12.3 Å². The molecule has 4 nitrogen and oxygen atoms in total. The third kappa shape index (κ3) is 4.08. The van der Waals surface area contributed by atoms with Crippen LogP contribution in [0.4, 0.5) is 0 Å². The van der Waals surface area contributed by atoms with Crippen LogP contribution in [0.15, 0.2) is 18.3 Å². The van der Waals surface area contributed by atoms with Crippen LogP contribution in [-0.2, 0) is 6.42 Å². The zero-order valence-electron chi connectivity index (χ0n) is 9.03. The van der Waals surface area contributed by atoms with Crippen molar-refractivity contribution in [2.45, 2.75) is 26.3 Å².